The number of nitrogens with one attached hydrogen (secondary N) is 1. The minimum absolute atomic E-state index is 0.572. The molecule has 1 aromatic carbocycles. The summed E-state index contributed by atoms with van der Waals surface area (Å²) >= 11 is 0. The van der Waals surface area contributed by atoms with Crippen LogP contribution in [0.4, 0.5) is 0 Å². The normalized spacial score (nSPS) is 16.3. The Labute approximate surface area is 88.8 Å². The zero-order valence-electron chi connectivity index (χ0n) is 8.43. The zero-order chi connectivity index (χ0) is 10.1. The van der Waals surface area contributed by atoms with Gasteiger partial charge in [0.2, 0.25) is 0 Å². The van der Waals surface area contributed by atoms with Gasteiger partial charge in [-0.25, -0.2) is 4.98 Å². The van der Waals surface area contributed by atoms with Crippen LogP contribution in [0.25, 0.3) is 11.4 Å². The molecule has 0 aliphatic carbocycles. The summed E-state index contributed by atoms with van der Waals surface area (Å²) in [5.41, 5.74) is 1.19. The second-order valence-electron chi connectivity index (χ2n) is 3.84. The summed E-state index contributed by atoms with van der Waals surface area (Å²) in [4.78, 5) is 4.42. The van der Waals surface area contributed by atoms with Crippen molar-refractivity contribution in [3.8, 4) is 11.4 Å². The maximum Gasteiger partial charge on any atom is 0.140 e. The predicted molar refractivity (Wildman–Crippen MR) is 59.6 cm³/mol. The summed E-state index contributed by atoms with van der Waals surface area (Å²) < 4.78 is 2.26. The molecule has 3 heteroatoms. The van der Waals surface area contributed by atoms with Crippen molar-refractivity contribution in [3.05, 3.63) is 42.7 Å². The summed E-state index contributed by atoms with van der Waals surface area (Å²) in [5, 5.41) is 3.28. The van der Waals surface area contributed by atoms with Gasteiger partial charge in [0.25, 0.3) is 0 Å². The summed E-state index contributed by atoms with van der Waals surface area (Å²) in [6.07, 6.45) is 3.94. The molecule has 1 aliphatic heterocycles. The van der Waals surface area contributed by atoms with Crippen LogP contribution in [0.2, 0.25) is 0 Å². The molecule has 1 saturated heterocycles. The molecule has 0 saturated carbocycles. The number of benzene rings is 1. The van der Waals surface area contributed by atoms with E-state index < -0.39 is 0 Å². The summed E-state index contributed by atoms with van der Waals surface area (Å²) in [5.74, 6) is 1.07. The van der Waals surface area contributed by atoms with Gasteiger partial charge in [-0.15, -0.1) is 0 Å². The molecular weight excluding hydrogens is 186 g/mol. The molecule has 0 amide bonds. The van der Waals surface area contributed by atoms with Gasteiger partial charge in [0.05, 0.1) is 6.04 Å². The van der Waals surface area contributed by atoms with Gasteiger partial charge >= 0.3 is 0 Å². The first-order valence-corrected chi connectivity index (χ1v) is 5.24. The van der Waals surface area contributed by atoms with Crippen molar-refractivity contribution in [2.45, 2.75) is 6.04 Å². The molecule has 1 aliphatic rings. The minimum Gasteiger partial charge on any atom is -0.325 e. The van der Waals surface area contributed by atoms with Crippen LogP contribution in [-0.4, -0.2) is 22.6 Å². The zero-order valence-corrected chi connectivity index (χ0v) is 8.43. The molecule has 0 bridgehead atoms. The largest absolute Gasteiger partial charge is 0.325 e. The molecule has 3 nitrogen and oxygen atoms in total. The fourth-order valence-electron chi connectivity index (χ4n) is 1.89. The van der Waals surface area contributed by atoms with Gasteiger partial charge < -0.3 is 9.88 Å². The van der Waals surface area contributed by atoms with Gasteiger partial charge in [-0.05, 0) is 0 Å². The topological polar surface area (TPSA) is 29.9 Å². The SMILES string of the molecule is c1ccc(-c2nccn2C2CNC2)cc1. The van der Waals surface area contributed by atoms with Crippen LogP contribution >= 0.6 is 0 Å². The summed E-state index contributed by atoms with van der Waals surface area (Å²) in [6, 6.07) is 10.9. The first kappa shape index (κ1) is 8.68. The molecule has 1 aromatic heterocycles. The molecule has 0 unspecified atom stereocenters. The van der Waals surface area contributed by atoms with E-state index in [0.29, 0.717) is 6.04 Å². The smallest absolute Gasteiger partial charge is 0.140 e. The maximum atomic E-state index is 4.42. The Morgan fingerprint density at radius 1 is 1.20 bits per heavy atom. The average Bonchev–Trinajstić information content (AvgIpc) is 2.65. The summed E-state index contributed by atoms with van der Waals surface area (Å²) in [6.45, 7) is 2.10. The lowest BCUT2D eigenvalue weighted by Gasteiger charge is -2.29. The van der Waals surface area contributed by atoms with Gasteiger partial charge in [0.1, 0.15) is 5.82 Å². The fourth-order valence-corrected chi connectivity index (χ4v) is 1.89. The lowest BCUT2D eigenvalue weighted by molar-refractivity contribution is 0.346. The third-order valence-electron chi connectivity index (χ3n) is 2.85. The van der Waals surface area contributed by atoms with Crippen molar-refractivity contribution in [2.24, 2.45) is 0 Å². The predicted octanol–water partition coefficient (Wildman–Crippen LogP) is 1.69. The summed E-state index contributed by atoms with van der Waals surface area (Å²) in [7, 11) is 0. The van der Waals surface area contributed by atoms with Crippen LogP contribution in [0.3, 0.4) is 0 Å². The van der Waals surface area contributed by atoms with Gasteiger partial charge in [0.15, 0.2) is 0 Å². The first-order valence-electron chi connectivity index (χ1n) is 5.24. The molecule has 0 spiro atoms. The molecule has 1 N–H and O–H groups in total. The Morgan fingerprint density at radius 2 is 2.00 bits per heavy atom. The molecular formula is C12H13N3. The van der Waals surface area contributed by atoms with Gasteiger partial charge in [-0.1, -0.05) is 30.3 Å². The second kappa shape index (κ2) is 3.51. The molecule has 76 valence electrons. The number of hydrogen-bond acceptors (Lipinski definition) is 2. The Bertz CT molecular complexity index is 443. The highest BCUT2D eigenvalue weighted by Crippen LogP contribution is 2.22. The van der Waals surface area contributed by atoms with Crippen molar-refractivity contribution in [1.29, 1.82) is 0 Å². The third kappa shape index (κ3) is 1.45. The van der Waals surface area contributed by atoms with Crippen molar-refractivity contribution < 1.29 is 0 Å². The van der Waals surface area contributed by atoms with E-state index in [9.17, 15) is 0 Å². The van der Waals surface area contributed by atoms with E-state index in [1.54, 1.807) is 0 Å². The number of imidazole rings is 1. The van der Waals surface area contributed by atoms with E-state index in [-0.39, 0.29) is 0 Å². The maximum absolute atomic E-state index is 4.42. The van der Waals surface area contributed by atoms with Crippen molar-refractivity contribution in [3.63, 3.8) is 0 Å². The molecule has 2 aromatic rings. The van der Waals surface area contributed by atoms with E-state index in [1.807, 2.05) is 24.4 Å². The highest BCUT2D eigenvalue weighted by Gasteiger charge is 2.21. The van der Waals surface area contributed by atoms with Crippen LogP contribution in [0.1, 0.15) is 6.04 Å². The van der Waals surface area contributed by atoms with E-state index in [2.05, 4.69) is 33.2 Å². The highest BCUT2D eigenvalue weighted by molar-refractivity contribution is 5.55. The lowest BCUT2D eigenvalue weighted by atomic mass is 10.1. The third-order valence-corrected chi connectivity index (χ3v) is 2.85. The van der Waals surface area contributed by atoms with Crippen LogP contribution in [0, 0.1) is 0 Å². The molecule has 0 radical (unpaired) electrons. The highest BCUT2D eigenvalue weighted by atomic mass is 15.2. The van der Waals surface area contributed by atoms with Crippen LogP contribution in [0.5, 0.6) is 0 Å². The Morgan fingerprint density at radius 3 is 2.67 bits per heavy atom. The van der Waals surface area contributed by atoms with Crippen molar-refractivity contribution in [1.82, 2.24) is 14.9 Å². The van der Waals surface area contributed by atoms with Crippen molar-refractivity contribution >= 4 is 0 Å². The number of nitrogens with zero attached hydrogens (tertiary/aromatic N) is 2. The number of aromatic nitrogens is 2. The van der Waals surface area contributed by atoms with Crippen LogP contribution < -0.4 is 5.32 Å². The van der Waals surface area contributed by atoms with Crippen LogP contribution in [-0.2, 0) is 0 Å². The van der Waals surface area contributed by atoms with Crippen LogP contribution in [0.15, 0.2) is 42.7 Å². The standard InChI is InChI=1S/C12H13N3/c1-2-4-10(5-3-1)12-14-6-7-15(12)11-8-13-9-11/h1-7,11,13H,8-9H2. The van der Waals surface area contributed by atoms with E-state index in [0.717, 1.165) is 18.9 Å². The average molecular weight is 199 g/mol. The molecule has 1 fully saturated rings. The molecule has 3 rings (SSSR count). The van der Waals surface area contributed by atoms with E-state index in [1.165, 1.54) is 5.56 Å². The number of hydrogen-bond donors (Lipinski definition) is 1. The van der Waals surface area contributed by atoms with E-state index >= 15 is 0 Å². The Hall–Kier alpha value is -1.61. The Balaban J connectivity index is 2.01. The van der Waals surface area contributed by atoms with Crippen molar-refractivity contribution in [2.75, 3.05) is 13.1 Å². The van der Waals surface area contributed by atoms with Gasteiger partial charge in [0, 0.05) is 31.0 Å². The van der Waals surface area contributed by atoms with Gasteiger partial charge in [-0.3, -0.25) is 0 Å². The molecule has 15 heavy (non-hydrogen) atoms. The molecule has 0 atom stereocenters. The van der Waals surface area contributed by atoms with Gasteiger partial charge in [-0.2, -0.15) is 0 Å². The lowest BCUT2D eigenvalue weighted by Crippen LogP contribution is -2.43. The minimum atomic E-state index is 0.572. The monoisotopic (exact) mass is 199 g/mol. The first-order chi connectivity index (χ1) is 7.45. The fraction of sp³-hybridized carbons (Fsp3) is 0.250. The second-order valence-corrected chi connectivity index (χ2v) is 3.84. The molecule has 2 heterocycles. The van der Waals surface area contributed by atoms with E-state index in [4.69, 9.17) is 0 Å². The quantitative estimate of drug-likeness (QED) is 0.797. The number of rotatable bonds is 2. The Kier molecular flexibility index (Phi) is 2.03.